The van der Waals surface area contributed by atoms with Gasteiger partial charge in [0.05, 0.1) is 0 Å². The Bertz CT molecular complexity index is 308. The minimum Gasteiger partial charge on any atom is -0.353 e. The topological polar surface area (TPSA) is 29.1 Å². The molecule has 0 aliphatic heterocycles. The van der Waals surface area contributed by atoms with E-state index in [-0.39, 0.29) is 0 Å². The first-order valence-corrected chi connectivity index (χ1v) is 8.01. The summed E-state index contributed by atoms with van der Waals surface area (Å²) in [6, 6.07) is 0.411. The lowest BCUT2D eigenvalue weighted by molar-refractivity contribution is -0.123. The Morgan fingerprint density at radius 1 is 1.17 bits per heavy atom. The highest BCUT2D eigenvalue weighted by atomic mass is 16.1. The van der Waals surface area contributed by atoms with Crippen LogP contribution in [0.4, 0.5) is 0 Å². The lowest BCUT2D eigenvalue weighted by Crippen LogP contribution is -2.40. The second-order valence-corrected chi connectivity index (χ2v) is 7.05. The first kappa shape index (κ1) is 12.5. The Hall–Kier alpha value is -0.530. The summed E-state index contributed by atoms with van der Waals surface area (Å²) in [6.45, 7) is 2.23. The summed E-state index contributed by atoms with van der Waals surface area (Å²) in [4.78, 5) is 12.1. The van der Waals surface area contributed by atoms with Gasteiger partial charge in [0.2, 0.25) is 5.91 Å². The Morgan fingerprint density at radius 3 is 2.56 bits per heavy atom. The third kappa shape index (κ3) is 2.57. The lowest BCUT2D eigenvalue weighted by Gasteiger charge is -2.28. The largest absolute Gasteiger partial charge is 0.353 e. The molecule has 0 unspecified atom stereocenters. The molecule has 0 saturated heterocycles. The molecule has 3 aliphatic rings. The van der Waals surface area contributed by atoms with E-state index < -0.39 is 0 Å². The van der Waals surface area contributed by atoms with Crippen LogP contribution < -0.4 is 5.32 Å². The van der Waals surface area contributed by atoms with Crippen molar-refractivity contribution in [1.82, 2.24) is 5.32 Å². The van der Waals surface area contributed by atoms with Crippen molar-refractivity contribution in [3.05, 3.63) is 0 Å². The third-order valence-corrected chi connectivity index (χ3v) is 5.77. The first-order valence-electron chi connectivity index (χ1n) is 8.01. The van der Waals surface area contributed by atoms with Crippen LogP contribution in [0.2, 0.25) is 0 Å². The molecule has 2 bridgehead atoms. The zero-order valence-corrected chi connectivity index (χ0v) is 11.7. The molecular weight excluding hydrogens is 222 g/mol. The monoisotopic (exact) mass is 249 g/mol. The van der Waals surface area contributed by atoms with Gasteiger partial charge >= 0.3 is 0 Å². The van der Waals surface area contributed by atoms with Crippen molar-refractivity contribution in [3.63, 3.8) is 0 Å². The fraction of sp³-hybridized carbons (Fsp3) is 0.938. The molecule has 2 heteroatoms. The molecular formula is C16H27NO. The Kier molecular flexibility index (Phi) is 3.63. The summed E-state index contributed by atoms with van der Waals surface area (Å²) in [6.07, 6.45) is 11.7. The summed E-state index contributed by atoms with van der Waals surface area (Å²) >= 11 is 0. The summed E-state index contributed by atoms with van der Waals surface area (Å²) in [7, 11) is 0. The van der Waals surface area contributed by atoms with Crippen molar-refractivity contribution in [1.29, 1.82) is 0 Å². The molecule has 3 aliphatic carbocycles. The molecule has 0 spiro atoms. The predicted octanol–water partition coefficient (Wildman–Crippen LogP) is 3.51. The van der Waals surface area contributed by atoms with Crippen molar-refractivity contribution < 1.29 is 4.79 Å². The maximum Gasteiger partial charge on any atom is 0.220 e. The summed E-state index contributed by atoms with van der Waals surface area (Å²) in [5.74, 6) is 3.66. The zero-order chi connectivity index (χ0) is 12.5. The molecule has 1 N–H and O–H groups in total. The molecule has 3 fully saturated rings. The van der Waals surface area contributed by atoms with Crippen LogP contribution >= 0.6 is 0 Å². The van der Waals surface area contributed by atoms with E-state index in [4.69, 9.17) is 0 Å². The number of carbonyl (C=O) groups excluding carboxylic acids is 1. The molecule has 0 radical (unpaired) electrons. The minimum atomic E-state index is 0.317. The van der Waals surface area contributed by atoms with Crippen LogP contribution in [0.5, 0.6) is 0 Å². The maximum absolute atomic E-state index is 12.1. The number of carbonyl (C=O) groups is 1. The van der Waals surface area contributed by atoms with E-state index in [0.717, 1.165) is 24.2 Å². The average molecular weight is 249 g/mol. The van der Waals surface area contributed by atoms with Crippen molar-refractivity contribution in [2.24, 2.45) is 23.7 Å². The molecule has 0 aromatic carbocycles. The number of hydrogen-bond donors (Lipinski definition) is 1. The van der Waals surface area contributed by atoms with Gasteiger partial charge in [0.25, 0.3) is 0 Å². The van der Waals surface area contributed by atoms with Crippen LogP contribution in [-0.2, 0) is 4.79 Å². The maximum atomic E-state index is 12.1. The molecule has 1 amide bonds. The summed E-state index contributed by atoms with van der Waals surface area (Å²) in [5.41, 5.74) is 0. The van der Waals surface area contributed by atoms with Crippen LogP contribution in [0, 0.1) is 23.7 Å². The first-order chi connectivity index (χ1) is 8.72. The number of hydrogen-bond acceptors (Lipinski definition) is 1. The quantitative estimate of drug-likeness (QED) is 0.811. The van der Waals surface area contributed by atoms with Crippen LogP contribution in [0.3, 0.4) is 0 Å². The Balaban J connectivity index is 1.45. The predicted molar refractivity (Wildman–Crippen MR) is 73.1 cm³/mol. The van der Waals surface area contributed by atoms with Gasteiger partial charge in [-0.3, -0.25) is 4.79 Å². The standard InChI is InChI=1S/C16H27NO/c1-11(15-9-13-6-7-14(15)8-13)17-16(18)10-12-4-2-3-5-12/h11-15H,2-10H2,1H3,(H,17,18)/t11-,13-,14-,15-/m0/s1. The van der Waals surface area contributed by atoms with E-state index in [2.05, 4.69) is 12.2 Å². The highest BCUT2D eigenvalue weighted by Crippen LogP contribution is 2.49. The van der Waals surface area contributed by atoms with Gasteiger partial charge in [-0.05, 0) is 62.7 Å². The lowest BCUT2D eigenvalue weighted by atomic mass is 9.84. The molecule has 4 atom stereocenters. The zero-order valence-electron chi connectivity index (χ0n) is 11.7. The van der Waals surface area contributed by atoms with Gasteiger partial charge in [-0.25, -0.2) is 0 Å². The Labute approximate surface area is 111 Å². The second-order valence-electron chi connectivity index (χ2n) is 7.05. The summed E-state index contributed by atoms with van der Waals surface area (Å²) in [5, 5.41) is 3.29. The number of amides is 1. The average Bonchev–Trinajstić information content (AvgIpc) is 3.04. The van der Waals surface area contributed by atoms with Gasteiger partial charge < -0.3 is 5.32 Å². The normalized spacial score (nSPS) is 37.1. The van der Waals surface area contributed by atoms with Gasteiger partial charge in [0.1, 0.15) is 0 Å². The van der Waals surface area contributed by atoms with E-state index in [0.29, 0.717) is 17.9 Å². The van der Waals surface area contributed by atoms with E-state index in [1.165, 1.54) is 51.4 Å². The Morgan fingerprint density at radius 2 is 1.94 bits per heavy atom. The van der Waals surface area contributed by atoms with Crippen molar-refractivity contribution >= 4 is 5.91 Å². The highest BCUT2D eigenvalue weighted by molar-refractivity contribution is 5.76. The molecule has 102 valence electrons. The molecule has 0 heterocycles. The SMILES string of the molecule is C[C@H](NC(=O)CC1CCCC1)[C@@H]1C[C@H]2CC[C@H]1C2. The van der Waals surface area contributed by atoms with Crippen LogP contribution in [-0.4, -0.2) is 11.9 Å². The molecule has 18 heavy (non-hydrogen) atoms. The van der Waals surface area contributed by atoms with Crippen LogP contribution in [0.1, 0.15) is 64.7 Å². The smallest absolute Gasteiger partial charge is 0.220 e. The molecule has 2 nitrogen and oxygen atoms in total. The highest BCUT2D eigenvalue weighted by Gasteiger charge is 2.42. The van der Waals surface area contributed by atoms with Crippen molar-refractivity contribution in [2.45, 2.75) is 70.8 Å². The van der Waals surface area contributed by atoms with E-state index in [1.807, 2.05) is 0 Å². The van der Waals surface area contributed by atoms with E-state index in [9.17, 15) is 4.79 Å². The van der Waals surface area contributed by atoms with Crippen molar-refractivity contribution in [2.75, 3.05) is 0 Å². The number of fused-ring (bicyclic) bond motifs is 2. The fourth-order valence-electron chi connectivity index (χ4n) is 4.80. The van der Waals surface area contributed by atoms with Gasteiger partial charge in [0.15, 0.2) is 0 Å². The van der Waals surface area contributed by atoms with Crippen LogP contribution in [0.15, 0.2) is 0 Å². The van der Waals surface area contributed by atoms with Gasteiger partial charge in [-0.1, -0.05) is 19.3 Å². The number of rotatable bonds is 4. The van der Waals surface area contributed by atoms with Crippen LogP contribution in [0.25, 0.3) is 0 Å². The van der Waals surface area contributed by atoms with E-state index in [1.54, 1.807) is 0 Å². The fourth-order valence-corrected chi connectivity index (χ4v) is 4.80. The number of nitrogens with one attached hydrogen (secondary N) is 1. The minimum absolute atomic E-state index is 0.317. The second kappa shape index (κ2) is 5.22. The van der Waals surface area contributed by atoms with E-state index >= 15 is 0 Å². The molecule has 0 aromatic heterocycles. The van der Waals surface area contributed by atoms with Gasteiger partial charge in [0, 0.05) is 12.5 Å². The third-order valence-electron chi connectivity index (χ3n) is 5.77. The van der Waals surface area contributed by atoms with Gasteiger partial charge in [-0.2, -0.15) is 0 Å². The molecule has 0 aromatic rings. The summed E-state index contributed by atoms with van der Waals surface area (Å²) < 4.78 is 0. The van der Waals surface area contributed by atoms with Gasteiger partial charge in [-0.15, -0.1) is 0 Å². The molecule has 3 rings (SSSR count). The molecule has 3 saturated carbocycles. The van der Waals surface area contributed by atoms with Crippen molar-refractivity contribution in [3.8, 4) is 0 Å².